The number of quaternary nitrogens is 1. The van der Waals surface area contributed by atoms with E-state index in [0.29, 0.717) is 19.2 Å². The lowest BCUT2D eigenvalue weighted by atomic mass is 10.3. The van der Waals surface area contributed by atoms with Crippen molar-refractivity contribution < 1.29 is 36.4 Å². The molecule has 3 rings (SSSR count). The van der Waals surface area contributed by atoms with Crippen LogP contribution in [0.4, 0.5) is 13.6 Å². The van der Waals surface area contributed by atoms with Gasteiger partial charge in [-0.05, 0) is 12.1 Å². The SMILES string of the molecule is O=C(C[NH+]1CCN(S(=O)(=O)c2ccc(F)cc2F)CC1)N1CCOC1=O. The summed E-state index contributed by atoms with van der Waals surface area (Å²) in [5, 5.41) is 0. The van der Waals surface area contributed by atoms with E-state index in [9.17, 15) is 26.8 Å². The average molecular weight is 390 g/mol. The predicted molar refractivity (Wildman–Crippen MR) is 83.7 cm³/mol. The van der Waals surface area contributed by atoms with Crippen LogP contribution in [0.5, 0.6) is 0 Å². The monoisotopic (exact) mass is 390 g/mol. The highest BCUT2D eigenvalue weighted by Crippen LogP contribution is 2.20. The number of cyclic esters (lactones) is 1. The van der Waals surface area contributed by atoms with Gasteiger partial charge in [0.15, 0.2) is 6.54 Å². The summed E-state index contributed by atoms with van der Waals surface area (Å²) in [6, 6.07) is 2.33. The smallest absolute Gasteiger partial charge is 0.416 e. The molecule has 0 aromatic heterocycles. The lowest BCUT2D eigenvalue weighted by Gasteiger charge is -2.31. The first-order valence-corrected chi connectivity index (χ1v) is 9.49. The van der Waals surface area contributed by atoms with Crippen LogP contribution in [0, 0.1) is 11.6 Å². The van der Waals surface area contributed by atoms with Crippen molar-refractivity contribution in [1.82, 2.24) is 9.21 Å². The third kappa shape index (κ3) is 3.69. The highest BCUT2D eigenvalue weighted by molar-refractivity contribution is 7.89. The van der Waals surface area contributed by atoms with Crippen molar-refractivity contribution in [3.63, 3.8) is 0 Å². The van der Waals surface area contributed by atoms with Gasteiger partial charge >= 0.3 is 6.09 Å². The molecule has 11 heteroatoms. The summed E-state index contributed by atoms with van der Waals surface area (Å²) in [6.07, 6.45) is -0.664. The van der Waals surface area contributed by atoms with Crippen molar-refractivity contribution in [2.75, 3.05) is 45.9 Å². The minimum atomic E-state index is -4.08. The van der Waals surface area contributed by atoms with Crippen LogP contribution in [-0.4, -0.2) is 75.5 Å². The first-order chi connectivity index (χ1) is 12.3. The minimum Gasteiger partial charge on any atom is -0.447 e. The highest BCUT2D eigenvalue weighted by Gasteiger charge is 2.35. The Morgan fingerprint density at radius 1 is 1.19 bits per heavy atom. The average Bonchev–Trinajstić information content (AvgIpc) is 3.01. The van der Waals surface area contributed by atoms with E-state index in [-0.39, 0.29) is 38.7 Å². The fourth-order valence-electron chi connectivity index (χ4n) is 2.97. The molecule has 8 nitrogen and oxygen atoms in total. The molecular weight excluding hydrogens is 372 g/mol. The minimum absolute atomic E-state index is 0.0495. The number of imide groups is 1. The molecule has 0 radical (unpaired) electrons. The Bertz CT molecular complexity index is 825. The number of carbonyl (C=O) groups is 2. The Kier molecular flexibility index (Phi) is 5.21. The normalized spacial score (nSPS) is 19.6. The number of amides is 2. The van der Waals surface area contributed by atoms with E-state index in [0.717, 1.165) is 26.2 Å². The van der Waals surface area contributed by atoms with Crippen LogP contribution >= 0.6 is 0 Å². The first kappa shape index (κ1) is 18.7. The van der Waals surface area contributed by atoms with Gasteiger partial charge < -0.3 is 9.64 Å². The number of hydrogen-bond acceptors (Lipinski definition) is 5. The Morgan fingerprint density at radius 3 is 2.46 bits per heavy atom. The summed E-state index contributed by atoms with van der Waals surface area (Å²) in [4.78, 5) is 24.7. The molecule has 1 aromatic carbocycles. The molecule has 142 valence electrons. The van der Waals surface area contributed by atoms with Gasteiger partial charge in [-0.15, -0.1) is 0 Å². The fourth-order valence-corrected chi connectivity index (χ4v) is 4.46. The Morgan fingerprint density at radius 2 is 1.88 bits per heavy atom. The lowest BCUT2D eigenvalue weighted by Crippen LogP contribution is -3.15. The summed E-state index contributed by atoms with van der Waals surface area (Å²) in [5.74, 6) is -2.36. The summed E-state index contributed by atoms with van der Waals surface area (Å²) in [5.41, 5.74) is 0. The molecule has 1 N–H and O–H groups in total. The lowest BCUT2D eigenvalue weighted by molar-refractivity contribution is -0.895. The van der Waals surface area contributed by atoms with Gasteiger partial charge in [0.25, 0.3) is 5.91 Å². The molecule has 0 saturated carbocycles. The summed E-state index contributed by atoms with van der Waals surface area (Å²) in [6.45, 7) is 1.28. The zero-order valence-corrected chi connectivity index (χ0v) is 14.6. The number of rotatable bonds is 4. The zero-order valence-electron chi connectivity index (χ0n) is 13.8. The number of nitrogens with zero attached hydrogens (tertiary/aromatic N) is 2. The van der Waals surface area contributed by atoms with Crippen molar-refractivity contribution in [3.05, 3.63) is 29.8 Å². The van der Waals surface area contributed by atoms with Crippen LogP contribution in [0.25, 0.3) is 0 Å². The standard InChI is InChI=1S/C15H17F2N3O5S/c16-11-1-2-13(12(17)9-11)26(23,24)19-5-3-18(4-6-19)10-14(21)20-7-8-25-15(20)22/h1-2,9H,3-8,10H2/p+1. The van der Waals surface area contributed by atoms with Crippen LogP contribution < -0.4 is 4.90 Å². The van der Waals surface area contributed by atoms with E-state index in [1.54, 1.807) is 0 Å². The van der Waals surface area contributed by atoms with Crippen molar-refractivity contribution in [2.45, 2.75) is 4.90 Å². The number of hydrogen-bond donors (Lipinski definition) is 1. The topological polar surface area (TPSA) is 88.4 Å². The molecule has 2 fully saturated rings. The van der Waals surface area contributed by atoms with Gasteiger partial charge in [-0.1, -0.05) is 0 Å². The largest absolute Gasteiger partial charge is 0.447 e. The molecule has 0 bridgehead atoms. The molecule has 0 unspecified atom stereocenters. The van der Waals surface area contributed by atoms with Crippen molar-refractivity contribution in [3.8, 4) is 0 Å². The van der Waals surface area contributed by atoms with Crippen molar-refractivity contribution in [1.29, 1.82) is 0 Å². The van der Waals surface area contributed by atoms with Gasteiger partial charge in [-0.25, -0.2) is 26.9 Å². The maximum absolute atomic E-state index is 13.8. The van der Waals surface area contributed by atoms with Gasteiger partial charge in [0.2, 0.25) is 10.0 Å². The van der Waals surface area contributed by atoms with Gasteiger partial charge in [-0.3, -0.25) is 4.79 Å². The molecule has 0 aliphatic carbocycles. The second-order valence-electron chi connectivity index (χ2n) is 6.07. The molecule has 2 saturated heterocycles. The van der Waals surface area contributed by atoms with Crippen LogP contribution in [0.1, 0.15) is 0 Å². The van der Waals surface area contributed by atoms with Crippen LogP contribution in [0.2, 0.25) is 0 Å². The molecular formula is C15H18F2N3O5S+. The molecule has 2 amide bonds. The number of ether oxygens (including phenoxy) is 1. The summed E-state index contributed by atoms with van der Waals surface area (Å²) < 4.78 is 57.7. The van der Waals surface area contributed by atoms with Crippen molar-refractivity contribution >= 4 is 22.0 Å². The van der Waals surface area contributed by atoms with E-state index in [4.69, 9.17) is 4.74 Å². The van der Waals surface area contributed by atoms with Gasteiger partial charge in [-0.2, -0.15) is 4.31 Å². The zero-order chi connectivity index (χ0) is 18.9. The number of carbonyl (C=O) groups excluding carboxylic acids is 2. The van der Waals surface area contributed by atoms with E-state index in [1.165, 1.54) is 0 Å². The van der Waals surface area contributed by atoms with Crippen LogP contribution in [-0.2, 0) is 19.6 Å². The maximum Gasteiger partial charge on any atom is 0.416 e. The molecule has 0 spiro atoms. The summed E-state index contributed by atoms with van der Waals surface area (Å²) >= 11 is 0. The Labute approximate surface area is 149 Å². The van der Waals surface area contributed by atoms with Crippen LogP contribution in [0.15, 0.2) is 23.1 Å². The fraction of sp³-hybridized carbons (Fsp3) is 0.467. The van der Waals surface area contributed by atoms with Crippen molar-refractivity contribution in [2.24, 2.45) is 0 Å². The molecule has 1 aromatic rings. The van der Waals surface area contributed by atoms with Crippen LogP contribution in [0.3, 0.4) is 0 Å². The predicted octanol–water partition coefficient (Wildman–Crippen LogP) is -1.17. The highest BCUT2D eigenvalue weighted by atomic mass is 32.2. The van der Waals surface area contributed by atoms with E-state index in [1.807, 2.05) is 0 Å². The van der Waals surface area contributed by atoms with E-state index < -0.39 is 32.6 Å². The first-order valence-electron chi connectivity index (χ1n) is 8.05. The Balaban J connectivity index is 1.61. The third-order valence-corrected chi connectivity index (χ3v) is 6.34. The van der Waals surface area contributed by atoms with Gasteiger partial charge in [0, 0.05) is 6.07 Å². The van der Waals surface area contributed by atoms with Gasteiger partial charge in [0.1, 0.15) is 23.1 Å². The molecule has 26 heavy (non-hydrogen) atoms. The number of nitrogens with one attached hydrogen (secondary N) is 1. The quantitative estimate of drug-likeness (QED) is 0.700. The van der Waals surface area contributed by atoms with E-state index in [2.05, 4.69) is 0 Å². The Hall–Kier alpha value is -2.11. The molecule has 2 aliphatic heterocycles. The molecule has 2 aliphatic rings. The number of piperazine rings is 1. The van der Waals surface area contributed by atoms with Gasteiger partial charge in [0.05, 0.1) is 32.7 Å². The molecule has 2 heterocycles. The second-order valence-corrected chi connectivity index (χ2v) is 7.97. The third-order valence-electron chi connectivity index (χ3n) is 4.40. The molecule has 0 atom stereocenters. The number of benzene rings is 1. The van der Waals surface area contributed by atoms with E-state index >= 15 is 0 Å². The second kappa shape index (κ2) is 7.25. The number of halogens is 2. The summed E-state index contributed by atoms with van der Waals surface area (Å²) in [7, 11) is -4.08. The maximum atomic E-state index is 13.8. The number of sulfonamides is 1.